The molecule has 0 aliphatic carbocycles. The quantitative estimate of drug-likeness (QED) is 0.669. The van der Waals surface area contributed by atoms with Crippen LogP contribution in [-0.2, 0) is 17.6 Å². The summed E-state index contributed by atoms with van der Waals surface area (Å²) in [6.07, 6.45) is 3.33. The fourth-order valence-corrected chi connectivity index (χ4v) is 2.41. The summed E-state index contributed by atoms with van der Waals surface area (Å²) in [5, 5.41) is 13.2. The Hall–Kier alpha value is -0.940. The molecular weight excluding hydrogens is 236 g/mol. The number of nitrogens with one attached hydrogen (secondary N) is 1. The zero-order valence-electron chi connectivity index (χ0n) is 10.5. The Morgan fingerprint density at radius 2 is 2.29 bits per heavy atom. The van der Waals surface area contributed by atoms with Crippen LogP contribution in [-0.4, -0.2) is 31.1 Å². The highest BCUT2D eigenvalue weighted by molar-refractivity contribution is 7.09. The molecule has 0 radical (unpaired) electrons. The first-order valence-corrected chi connectivity index (χ1v) is 6.94. The van der Waals surface area contributed by atoms with Crippen LogP contribution in [0.2, 0.25) is 0 Å². The molecule has 0 spiro atoms. The maximum atomic E-state index is 10.4. The molecule has 96 valence electrons. The van der Waals surface area contributed by atoms with E-state index < -0.39 is 5.97 Å². The van der Waals surface area contributed by atoms with E-state index in [1.807, 2.05) is 5.38 Å². The van der Waals surface area contributed by atoms with Crippen molar-refractivity contribution < 1.29 is 14.8 Å². The average Bonchev–Trinajstić information content (AvgIpc) is 2.70. The number of nitrogens with zero attached hydrogens (tertiary/aromatic N) is 1. The first kappa shape index (κ1) is 14.1. The number of hydrogen-bond acceptors (Lipinski definition) is 4. The van der Waals surface area contributed by atoms with Gasteiger partial charge < -0.3 is 14.8 Å². The molecule has 1 N–H and O–H groups in total. The summed E-state index contributed by atoms with van der Waals surface area (Å²) in [4.78, 5) is 16.2. The van der Waals surface area contributed by atoms with Gasteiger partial charge in [-0.15, -0.1) is 11.3 Å². The molecule has 17 heavy (non-hydrogen) atoms. The zero-order valence-corrected chi connectivity index (χ0v) is 11.3. The molecule has 5 heteroatoms. The molecule has 0 amide bonds. The molecule has 1 aromatic rings. The highest BCUT2D eigenvalue weighted by atomic mass is 32.1. The van der Waals surface area contributed by atoms with Gasteiger partial charge in [-0.2, -0.15) is 0 Å². The van der Waals surface area contributed by atoms with Gasteiger partial charge in [0.15, 0.2) is 0 Å². The van der Waals surface area contributed by atoms with Gasteiger partial charge in [-0.05, 0) is 6.42 Å². The van der Waals surface area contributed by atoms with Crippen molar-refractivity contribution in [1.29, 1.82) is 0 Å². The monoisotopic (exact) mass is 256 g/mol. The van der Waals surface area contributed by atoms with Crippen molar-refractivity contribution in [3.8, 4) is 0 Å². The summed E-state index contributed by atoms with van der Waals surface area (Å²) in [5.41, 5.74) is 0.621. The second-order valence-corrected chi connectivity index (χ2v) is 5.28. The first-order chi connectivity index (χ1) is 8.11. The van der Waals surface area contributed by atoms with Crippen LogP contribution in [0.15, 0.2) is 5.38 Å². The van der Waals surface area contributed by atoms with Gasteiger partial charge in [-0.1, -0.05) is 13.3 Å². The lowest BCUT2D eigenvalue weighted by Gasteiger charge is -2.12. The fraction of sp³-hybridized carbons (Fsp3) is 0.667. The van der Waals surface area contributed by atoms with Gasteiger partial charge in [0, 0.05) is 24.2 Å². The van der Waals surface area contributed by atoms with E-state index in [9.17, 15) is 9.90 Å². The van der Waals surface area contributed by atoms with E-state index in [0.29, 0.717) is 5.69 Å². The van der Waals surface area contributed by atoms with E-state index in [0.717, 1.165) is 18.0 Å². The third-order valence-corrected chi connectivity index (χ3v) is 3.60. The Morgan fingerprint density at radius 1 is 1.53 bits per heavy atom. The summed E-state index contributed by atoms with van der Waals surface area (Å²) in [5.74, 6) is -1.06. The average molecular weight is 256 g/mol. The minimum atomic E-state index is -1.06. The highest BCUT2D eigenvalue weighted by Crippen LogP contribution is 2.09. The molecule has 0 aliphatic rings. The third kappa shape index (κ3) is 5.79. The van der Waals surface area contributed by atoms with Crippen molar-refractivity contribution in [2.24, 2.45) is 0 Å². The van der Waals surface area contributed by atoms with E-state index >= 15 is 0 Å². The van der Waals surface area contributed by atoms with Crippen molar-refractivity contribution >= 4 is 17.3 Å². The van der Waals surface area contributed by atoms with E-state index in [2.05, 4.69) is 19.0 Å². The van der Waals surface area contributed by atoms with Crippen LogP contribution in [0.5, 0.6) is 0 Å². The van der Waals surface area contributed by atoms with E-state index in [1.54, 1.807) is 11.3 Å². The van der Waals surface area contributed by atoms with Gasteiger partial charge >= 0.3 is 0 Å². The Morgan fingerprint density at radius 3 is 2.94 bits per heavy atom. The zero-order chi connectivity index (χ0) is 12.7. The second kappa shape index (κ2) is 7.40. The number of carbonyl (C=O) groups excluding carboxylic acids is 1. The molecule has 0 fully saturated rings. The van der Waals surface area contributed by atoms with Crippen molar-refractivity contribution in [2.45, 2.75) is 32.6 Å². The summed E-state index contributed by atoms with van der Waals surface area (Å²) in [6.45, 7) is 4.44. The Labute approximate surface area is 106 Å². The number of rotatable bonds is 8. The third-order valence-electron chi connectivity index (χ3n) is 2.65. The molecule has 0 aliphatic heterocycles. The summed E-state index contributed by atoms with van der Waals surface area (Å²) in [6, 6.07) is 0. The van der Waals surface area contributed by atoms with Crippen LogP contribution in [0.3, 0.4) is 0 Å². The van der Waals surface area contributed by atoms with Crippen LogP contribution < -0.4 is 10.0 Å². The van der Waals surface area contributed by atoms with Gasteiger partial charge in [0.05, 0.1) is 30.8 Å². The number of aliphatic carboxylic acids is 1. The topological polar surface area (TPSA) is 57.5 Å². The minimum absolute atomic E-state index is 0.0744. The molecule has 4 nitrogen and oxygen atoms in total. The Kier molecular flexibility index (Phi) is 6.15. The Bertz CT molecular complexity index is 352. The second-order valence-electron chi connectivity index (χ2n) is 4.34. The van der Waals surface area contributed by atoms with E-state index in [-0.39, 0.29) is 6.42 Å². The number of quaternary nitrogens is 1. The minimum Gasteiger partial charge on any atom is -0.550 e. The van der Waals surface area contributed by atoms with Crippen molar-refractivity contribution in [2.75, 3.05) is 20.1 Å². The van der Waals surface area contributed by atoms with Crippen LogP contribution in [0.1, 0.15) is 30.5 Å². The van der Waals surface area contributed by atoms with E-state index in [4.69, 9.17) is 0 Å². The molecule has 0 aromatic carbocycles. The number of carboxylic acids is 1. The van der Waals surface area contributed by atoms with E-state index in [1.165, 1.54) is 24.3 Å². The maximum Gasteiger partial charge on any atom is 0.0984 e. The molecule has 0 saturated heterocycles. The summed E-state index contributed by atoms with van der Waals surface area (Å²) < 4.78 is 0. The first-order valence-electron chi connectivity index (χ1n) is 6.06. The maximum absolute atomic E-state index is 10.4. The van der Waals surface area contributed by atoms with Gasteiger partial charge in [-0.3, -0.25) is 0 Å². The SMILES string of the molecule is CCCC[NH+](C)CCc1nc(CC(=O)[O-])cs1. The van der Waals surface area contributed by atoms with Crippen molar-refractivity contribution in [1.82, 2.24) is 4.98 Å². The fourth-order valence-electron chi connectivity index (χ4n) is 1.62. The Balaban J connectivity index is 2.31. The number of unbranched alkanes of at least 4 members (excludes halogenated alkanes) is 1. The molecule has 1 heterocycles. The number of hydrogen-bond donors (Lipinski definition) is 1. The number of likely N-dealkylation sites (N-methyl/N-ethyl adjacent to an activating group) is 1. The number of thiazole rings is 1. The molecule has 1 atom stereocenters. The lowest BCUT2D eigenvalue weighted by Crippen LogP contribution is -3.09. The predicted molar refractivity (Wildman–Crippen MR) is 66.1 cm³/mol. The predicted octanol–water partition coefficient (Wildman–Crippen LogP) is -0.707. The highest BCUT2D eigenvalue weighted by Gasteiger charge is 2.06. The van der Waals surface area contributed by atoms with Gasteiger partial charge in [0.25, 0.3) is 0 Å². The molecule has 1 aromatic heterocycles. The van der Waals surface area contributed by atoms with Crippen LogP contribution in [0.4, 0.5) is 0 Å². The standard InChI is InChI=1S/C12H20N2O2S/c1-3-4-6-14(2)7-5-11-13-10(9-17-11)8-12(15)16/h9H,3-8H2,1-2H3,(H,15,16). The molecule has 1 unspecified atom stereocenters. The number of carboxylic acid groups (broad SMARTS) is 1. The smallest absolute Gasteiger partial charge is 0.0984 e. The van der Waals surface area contributed by atoms with Crippen molar-refractivity contribution in [3.63, 3.8) is 0 Å². The number of aromatic nitrogens is 1. The normalized spacial score (nSPS) is 12.6. The van der Waals surface area contributed by atoms with Crippen LogP contribution >= 0.6 is 11.3 Å². The van der Waals surface area contributed by atoms with Gasteiger partial charge in [0.2, 0.25) is 0 Å². The van der Waals surface area contributed by atoms with Gasteiger partial charge in [-0.25, -0.2) is 4.98 Å². The summed E-state index contributed by atoms with van der Waals surface area (Å²) >= 11 is 1.54. The molecular formula is C12H20N2O2S. The van der Waals surface area contributed by atoms with Gasteiger partial charge in [0.1, 0.15) is 0 Å². The van der Waals surface area contributed by atoms with Crippen LogP contribution in [0.25, 0.3) is 0 Å². The summed E-state index contributed by atoms with van der Waals surface area (Å²) in [7, 11) is 2.19. The van der Waals surface area contributed by atoms with Crippen molar-refractivity contribution in [3.05, 3.63) is 16.1 Å². The molecule has 0 saturated carbocycles. The molecule has 0 bridgehead atoms. The number of carbonyl (C=O) groups is 1. The van der Waals surface area contributed by atoms with Crippen LogP contribution in [0, 0.1) is 0 Å². The lowest BCUT2D eigenvalue weighted by atomic mass is 10.3. The lowest BCUT2D eigenvalue weighted by molar-refractivity contribution is -0.879. The largest absolute Gasteiger partial charge is 0.550 e. The molecule has 1 rings (SSSR count).